The molecular weight excluding hydrogens is 300 g/mol. The SMILES string of the molecule is Cn1c(=O)c2[nH]c(NCCC[NH+]3CCOCC3)nc2n(C)c1=O. The lowest BCUT2D eigenvalue weighted by atomic mass is 10.3. The van der Waals surface area contributed by atoms with Gasteiger partial charge in [-0.25, -0.2) is 4.79 Å². The zero-order valence-electron chi connectivity index (χ0n) is 13.5. The summed E-state index contributed by atoms with van der Waals surface area (Å²) in [4.78, 5) is 32.8. The Morgan fingerprint density at radius 1 is 1.26 bits per heavy atom. The fourth-order valence-electron chi connectivity index (χ4n) is 2.87. The maximum atomic E-state index is 12.1. The summed E-state index contributed by atoms with van der Waals surface area (Å²) in [5.41, 5.74) is -0.0202. The van der Waals surface area contributed by atoms with Gasteiger partial charge in [-0.05, 0) is 0 Å². The molecule has 1 aliphatic heterocycles. The highest BCUT2D eigenvalue weighted by Gasteiger charge is 2.14. The molecule has 0 atom stereocenters. The fourth-order valence-corrected chi connectivity index (χ4v) is 2.87. The largest absolute Gasteiger partial charge is 0.370 e. The third-order valence-corrected chi connectivity index (χ3v) is 4.29. The molecule has 3 N–H and O–H groups in total. The van der Waals surface area contributed by atoms with Gasteiger partial charge in [0, 0.05) is 27.1 Å². The van der Waals surface area contributed by atoms with Gasteiger partial charge in [-0.3, -0.25) is 13.9 Å². The van der Waals surface area contributed by atoms with Crippen LogP contribution in [0.15, 0.2) is 9.59 Å². The first-order valence-electron chi connectivity index (χ1n) is 7.89. The summed E-state index contributed by atoms with van der Waals surface area (Å²) in [6.07, 6.45) is 1.00. The molecule has 126 valence electrons. The Kier molecular flexibility index (Phi) is 4.49. The van der Waals surface area contributed by atoms with Crippen LogP contribution < -0.4 is 21.5 Å². The lowest BCUT2D eigenvalue weighted by Gasteiger charge is -2.23. The van der Waals surface area contributed by atoms with Crippen LogP contribution in [0.5, 0.6) is 0 Å². The van der Waals surface area contributed by atoms with Crippen molar-refractivity contribution in [2.24, 2.45) is 14.1 Å². The van der Waals surface area contributed by atoms with Gasteiger partial charge in [-0.1, -0.05) is 0 Å². The summed E-state index contributed by atoms with van der Waals surface area (Å²) >= 11 is 0. The predicted octanol–water partition coefficient (Wildman–Crippen LogP) is -2.32. The van der Waals surface area contributed by atoms with Crippen molar-refractivity contribution < 1.29 is 9.64 Å². The predicted molar refractivity (Wildman–Crippen MR) is 86.1 cm³/mol. The van der Waals surface area contributed by atoms with Crippen molar-refractivity contribution in [3.05, 3.63) is 20.8 Å². The number of nitrogens with zero attached hydrogens (tertiary/aromatic N) is 3. The van der Waals surface area contributed by atoms with Crippen LogP contribution in [0.3, 0.4) is 0 Å². The number of hydrogen-bond acceptors (Lipinski definition) is 5. The Morgan fingerprint density at radius 2 is 2.00 bits per heavy atom. The van der Waals surface area contributed by atoms with Gasteiger partial charge >= 0.3 is 5.69 Å². The summed E-state index contributed by atoms with van der Waals surface area (Å²) in [6, 6.07) is 0. The van der Waals surface area contributed by atoms with E-state index in [2.05, 4.69) is 15.3 Å². The van der Waals surface area contributed by atoms with Gasteiger partial charge in [0.2, 0.25) is 5.95 Å². The zero-order chi connectivity index (χ0) is 16.4. The van der Waals surface area contributed by atoms with E-state index in [0.29, 0.717) is 17.1 Å². The average molecular weight is 323 g/mol. The number of hydrogen-bond donors (Lipinski definition) is 3. The topological polar surface area (TPSA) is 98.4 Å². The monoisotopic (exact) mass is 323 g/mol. The van der Waals surface area contributed by atoms with Crippen molar-refractivity contribution in [1.82, 2.24) is 19.1 Å². The van der Waals surface area contributed by atoms with Gasteiger partial charge in [-0.15, -0.1) is 0 Å². The van der Waals surface area contributed by atoms with Gasteiger partial charge in [0.25, 0.3) is 5.56 Å². The summed E-state index contributed by atoms with van der Waals surface area (Å²) in [5, 5.41) is 3.19. The van der Waals surface area contributed by atoms with Gasteiger partial charge in [0.1, 0.15) is 13.1 Å². The summed E-state index contributed by atoms with van der Waals surface area (Å²) in [6.45, 7) is 5.63. The van der Waals surface area contributed by atoms with E-state index in [-0.39, 0.29) is 11.2 Å². The molecule has 0 unspecified atom stereocenters. The van der Waals surface area contributed by atoms with Gasteiger partial charge < -0.3 is 19.9 Å². The van der Waals surface area contributed by atoms with Crippen LogP contribution >= 0.6 is 0 Å². The molecule has 0 amide bonds. The molecule has 0 spiro atoms. The Morgan fingerprint density at radius 3 is 2.74 bits per heavy atom. The van der Waals surface area contributed by atoms with Crippen molar-refractivity contribution in [2.75, 3.05) is 44.7 Å². The third kappa shape index (κ3) is 3.15. The number of aromatic amines is 1. The van der Waals surface area contributed by atoms with Crippen molar-refractivity contribution in [3.8, 4) is 0 Å². The third-order valence-electron chi connectivity index (χ3n) is 4.29. The van der Waals surface area contributed by atoms with Crippen LogP contribution in [0.1, 0.15) is 6.42 Å². The van der Waals surface area contributed by atoms with E-state index in [1.54, 1.807) is 11.9 Å². The second-order valence-electron chi connectivity index (χ2n) is 5.88. The Bertz CT molecular complexity index is 799. The second-order valence-corrected chi connectivity index (χ2v) is 5.88. The normalized spacial score (nSPS) is 16.1. The Hall–Kier alpha value is -2.13. The van der Waals surface area contributed by atoms with Crippen LogP contribution in [0.2, 0.25) is 0 Å². The van der Waals surface area contributed by atoms with E-state index in [1.165, 1.54) is 11.6 Å². The number of rotatable bonds is 5. The van der Waals surface area contributed by atoms with Crippen LogP contribution in [0, 0.1) is 0 Å². The average Bonchev–Trinajstić information content (AvgIpc) is 3.00. The highest BCUT2D eigenvalue weighted by molar-refractivity contribution is 5.72. The quantitative estimate of drug-likeness (QED) is 0.537. The Balaban J connectivity index is 1.65. The smallest absolute Gasteiger partial charge is 0.332 e. The second kappa shape index (κ2) is 6.55. The molecule has 3 heterocycles. The lowest BCUT2D eigenvalue weighted by molar-refractivity contribution is -0.908. The molecule has 2 aromatic rings. The summed E-state index contributed by atoms with van der Waals surface area (Å²) < 4.78 is 7.79. The highest BCUT2D eigenvalue weighted by atomic mass is 16.5. The standard InChI is InChI=1S/C14H22N6O3/c1-18-11-10(12(21)19(2)14(18)22)16-13(17-11)15-4-3-5-20-6-8-23-9-7-20/h3-9H2,1-2H3,(H2,15,16,17)/p+1. The number of H-pyrrole nitrogens is 1. The molecule has 0 bridgehead atoms. The molecule has 0 aliphatic carbocycles. The first-order valence-corrected chi connectivity index (χ1v) is 7.89. The van der Waals surface area contributed by atoms with Gasteiger partial charge in [0.15, 0.2) is 11.2 Å². The molecule has 1 aliphatic rings. The maximum Gasteiger partial charge on any atom is 0.332 e. The number of morpholine rings is 1. The molecule has 0 aromatic carbocycles. The number of anilines is 1. The number of quaternary nitrogens is 1. The van der Waals surface area contributed by atoms with E-state index in [1.807, 2.05) is 0 Å². The van der Waals surface area contributed by atoms with E-state index >= 15 is 0 Å². The van der Waals surface area contributed by atoms with Gasteiger partial charge in [-0.2, -0.15) is 4.98 Å². The molecular formula is C14H23N6O3+. The zero-order valence-corrected chi connectivity index (χ0v) is 13.5. The van der Waals surface area contributed by atoms with Crippen molar-refractivity contribution >= 4 is 17.1 Å². The molecule has 9 nitrogen and oxygen atoms in total. The molecule has 0 radical (unpaired) electrons. The van der Waals surface area contributed by atoms with Crippen LogP contribution in [-0.2, 0) is 18.8 Å². The minimum Gasteiger partial charge on any atom is -0.370 e. The van der Waals surface area contributed by atoms with E-state index < -0.39 is 0 Å². The van der Waals surface area contributed by atoms with Crippen molar-refractivity contribution in [3.63, 3.8) is 0 Å². The van der Waals surface area contributed by atoms with E-state index in [0.717, 1.165) is 50.4 Å². The molecule has 1 saturated heterocycles. The highest BCUT2D eigenvalue weighted by Crippen LogP contribution is 2.07. The Labute approximate surface area is 132 Å². The van der Waals surface area contributed by atoms with Crippen LogP contribution in [0.25, 0.3) is 11.2 Å². The molecule has 1 fully saturated rings. The first kappa shape index (κ1) is 15.8. The maximum absolute atomic E-state index is 12.1. The minimum absolute atomic E-state index is 0.343. The molecule has 3 rings (SSSR count). The van der Waals surface area contributed by atoms with Crippen molar-refractivity contribution in [1.29, 1.82) is 0 Å². The minimum atomic E-state index is -0.378. The van der Waals surface area contributed by atoms with Crippen LogP contribution in [0.4, 0.5) is 5.95 Å². The number of ether oxygens (including phenoxy) is 1. The molecule has 23 heavy (non-hydrogen) atoms. The number of aryl methyl sites for hydroxylation is 1. The number of fused-ring (bicyclic) bond motifs is 1. The lowest BCUT2D eigenvalue weighted by Crippen LogP contribution is -3.14. The number of imidazole rings is 1. The fraction of sp³-hybridized carbons (Fsp3) is 0.643. The van der Waals surface area contributed by atoms with E-state index in [4.69, 9.17) is 4.74 Å². The molecule has 9 heteroatoms. The molecule has 0 saturated carbocycles. The first-order chi connectivity index (χ1) is 11.1. The number of aromatic nitrogens is 4. The summed E-state index contributed by atoms with van der Waals surface area (Å²) in [7, 11) is 3.07. The summed E-state index contributed by atoms with van der Waals surface area (Å²) in [5.74, 6) is 0.523. The van der Waals surface area contributed by atoms with Crippen molar-refractivity contribution in [2.45, 2.75) is 6.42 Å². The van der Waals surface area contributed by atoms with Crippen LogP contribution in [-0.4, -0.2) is 58.5 Å². The van der Waals surface area contributed by atoms with Gasteiger partial charge in [0.05, 0.1) is 19.8 Å². The van der Waals surface area contributed by atoms with E-state index in [9.17, 15) is 9.59 Å². The molecule has 2 aromatic heterocycles. The number of nitrogens with one attached hydrogen (secondary N) is 3.